The Balaban J connectivity index is 2.10. The maximum absolute atomic E-state index is 12.9. The van der Waals surface area contributed by atoms with E-state index in [1.54, 1.807) is 6.07 Å². The predicted octanol–water partition coefficient (Wildman–Crippen LogP) is 4.62. The van der Waals surface area contributed by atoms with Gasteiger partial charge in [0.05, 0.1) is 0 Å². The molecule has 2 rings (SSSR count). The molecule has 0 aliphatic rings. The first-order chi connectivity index (χ1) is 13.7. The van der Waals surface area contributed by atoms with Gasteiger partial charge in [0.2, 0.25) is 5.91 Å². The first-order valence-electron chi connectivity index (χ1n) is 10.3. The molecule has 29 heavy (non-hydrogen) atoms. The van der Waals surface area contributed by atoms with E-state index in [2.05, 4.69) is 36.3 Å². The van der Waals surface area contributed by atoms with Gasteiger partial charge in [0.15, 0.2) is 0 Å². The van der Waals surface area contributed by atoms with E-state index in [0.29, 0.717) is 17.3 Å². The normalized spacial score (nSPS) is 12.0. The second kappa shape index (κ2) is 10.1. The van der Waals surface area contributed by atoms with Crippen LogP contribution in [0.1, 0.15) is 50.5 Å². The van der Waals surface area contributed by atoms with Crippen LogP contribution in [0.5, 0.6) is 0 Å². The third kappa shape index (κ3) is 5.83. The zero-order valence-electron chi connectivity index (χ0n) is 18.3. The van der Waals surface area contributed by atoms with Gasteiger partial charge >= 0.3 is 0 Å². The van der Waals surface area contributed by atoms with Gasteiger partial charge in [-0.2, -0.15) is 0 Å². The van der Waals surface area contributed by atoms with Gasteiger partial charge in [-0.1, -0.05) is 32.0 Å². The number of hydrogen-bond acceptors (Lipinski definition) is 3. The summed E-state index contributed by atoms with van der Waals surface area (Å²) in [6.07, 6.45) is 0. The number of nitrogens with one attached hydrogen (secondary N) is 2. The van der Waals surface area contributed by atoms with E-state index >= 15 is 0 Å². The molecule has 2 N–H and O–H groups in total. The molecule has 0 bridgehead atoms. The molecule has 2 aromatic carbocycles. The number of carbonyl (C=O) groups is 2. The molecule has 0 aliphatic heterocycles. The molecule has 1 unspecified atom stereocenters. The summed E-state index contributed by atoms with van der Waals surface area (Å²) in [6, 6.07) is 15.0. The van der Waals surface area contributed by atoms with Crippen LogP contribution in [0.25, 0.3) is 0 Å². The number of hydrogen-bond donors (Lipinski definition) is 2. The minimum Gasteiger partial charge on any atom is -0.369 e. The zero-order valence-corrected chi connectivity index (χ0v) is 18.3. The van der Waals surface area contributed by atoms with E-state index in [0.717, 1.165) is 17.8 Å². The molecule has 1 atom stereocenters. The highest BCUT2D eigenvalue weighted by Crippen LogP contribution is 2.20. The monoisotopic (exact) mass is 395 g/mol. The van der Waals surface area contributed by atoms with Gasteiger partial charge in [-0.3, -0.25) is 9.59 Å². The Morgan fingerprint density at radius 2 is 1.59 bits per heavy atom. The first kappa shape index (κ1) is 22.5. The van der Waals surface area contributed by atoms with Crippen molar-refractivity contribution in [2.24, 2.45) is 5.92 Å². The third-order valence-corrected chi connectivity index (χ3v) is 5.06. The van der Waals surface area contributed by atoms with Crippen LogP contribution in [-0.2, 0) is 4.79 Å². The molecular formula is C24H33N3O2. The molecule has 0 spiro atoms. The Morgan fingerprint density at radius 1 is 0.966 bits per heavy atom. The molecule has 0 heterocycles. The van der Waals surface area contributed by atoms with Gasteiger partial charge < -0.3 is 15.5 Å². The van der Waals surface area contributed by atoms with Crippen molar-refractivity contribution in [2.45, 2.75) is 53.6 Å². The van der Waals surface area contributed by atoms with Crippen molar-refractivity contribution in [3.63, 3.8) is 0 Å². The highest BCUT2D eigenvalue weighted by molar-refractivity contribution is 6.02. The van der Waals surface area contributed by atoms with Crippen molar-refractivity contribution in [3.8, 4) is 0 Å². The molecule has 2 aromatic rings. The fraction of sp³-hybridized carbons (Fsp3) is 0.417. The van der Waals surface area contributed by atoms with Crippen LogP contribution in [-0.4, -0.2) is 30.4 Å². The number of rotatable bonds is 8. The van der Waals surface area contributed by atoms with Crippen LogP contribution in [0, 0.1) is 12.8 Å². The minimum absolute atomic E-state index is 0.0428. The van der Waals surface area contributed by atoms with Gasteiger partial charge in [0.1, 0.15) is 6.04 Å². The van der Waals surface area contributed by atoms with E-state index in [9.17, 15) is 9.59 Å². The lowest BCUT2D eigenvalue weighted by Crippen LogP contribution is -2.47. The van der Waals surface area contributed by atoms with E-state index in [-0.39, 0.29) is 17.7 Å². The molecule has 0 radical (unpaired) electrons. The molecule has 0 saturated heterocycles. The largest absolute Gasteiger partial charge is 0.369 e. The maximum Gasteiger partial charge on any atom is 0.252 e. The molecule has 5 nitrogen and oxygen atoms in total. The fourth-order valence-electron chi connectivity index (χ4n) is 3.38. The Hall–Kier alpha value is -2.82. The van der Waals surface area contributed by atoms with Crippen LogP contribution >= 0.6 is 0 Å². The zero-order chi connectivity index (χ0) is 21.6. The van der Waals surface area contributed by atoms with Crippen molar-refractivity contribution in [2.75, 3.05) is 16.8 Å². The Kier molecular flexibility index (Phi) is 7.82. The lowest BCUT2D eigenvalue weighted by atomic mass is 10.0. The van der Waals surface area contributed by atoms with Crippen LogP contribution < -0.4 is 15.5 Å². The van der Waals surface area contributed by atoms with Crippen LogP contribution in [0.4, 0.5) is 11.4 Å². The minimum atomic E-state index is -0.621. The average Bonchev–Trinajstić information content (AvgIpc) is 2.67. The fourth-order valence-corrected chi connectivity index (χ4v) is 3.38. The molecule has 2 amide bonds. The van der Waals surface area contributed by atoms with Crippen molar-refractivity contribution < 1.29 is 9.59 Å². The van der Waals surface area contributed by atoms with E-state index < -0.39 is 6.04 Å². The molecule has 0 aliphatic carbocycles. The molecule has 0 aromatic heterocycles. The van der Waals surface area contributed by atoms with Crippen LogP contribution in [0.15, 0.2) is 48.5 Å². The number of benzene rings is 2. The summed E-state index contributed by atoms with van der Waals surface area (Å²) >= 11 is 0. The summed E-state index contributed by atoms with van der Waals surface area (Å²) in [4.78, 5) is 27.8. The second-order valence-corrected chi connectivity index (χ2v) is 7.93. The van der Waals surface area contributed by atoms with Gasteiger partial charge in [-0.25, -0.2) is 0 Å². The van der Waals surface area contributed by atoms with Crippen molar-refractivity contribution in [3.05, 3.63) is 59.7 Å². The maximum atomic E-state index is 12.9. The summed E-state index contributed by atoms with van der Waals surface area (Å²) < 4.78 is 0. The van der Waals surface area contributed by atoms with Crippen molar-refractivity contribution >= 4 is 23.2 Å². The second-order valence-electron chi connectivity index (χ2n) is 7.93. The Bertz CT molecular complexity index is 828. The number of anilines is 2. The summed E-state index contributed by atoms with van der Waals surface area (Å²) in [5.74, 6) is -0.493. The number of carbonyl (C=O) groups excluding carboxylic acids is 2. The molecule has 5 heteroatoms. The predicted molar refractivity (Wildman–Crippen MR) is 120 cm³/mol. The summed E-state index contributed by atoms with van der Waals surface area (Å²) in [5, 5.41) is 5.82. The topological polar surface area (TPSA) is 61.4 Å². The Labute approximate surface area is 174 Å². The number of amides is 2. The third-order valence-electron chi connectivity index (χ3n) is 5.06. The van der Waals surface area contributed by atoms with E-state index in [1.165, 1.54) is 0 Å². The smallest absolute Gasteiger partial charge is 0.252 e. The highest BCUT2D eigenvalue weighted by Gasteiger charge is 2.25. The average molecular weight is 396 g/mol. The van der Waals surface area contributed by atoms with Crippen LogP contribution in [0.3, 0.4) is 0 Å². The van der Waals surface area contributed by atoms with Crippen molar-refractivity contribution in [1.29, 1.82) is 0 Å². The van der Waals surface area contributed by atoms with Crippen molar-refractivity contribution in [1.82, 2.24) is 5.32 Å². The summed E-state index contributed by atoms with van der Waals surface area (Å²) in [5.41, 5.74) is 3.31. The molecule has 156 valence electrons. The highest BCUT2D eigenvalue weighted by atomic mass is 16.2. The van der Waals surface area contributed by atoms with Gasteiger partial charge in [0.25, 0.3) is 5.91 Å². The van der Waals surface area contributed by atoms with E-state index in [1.807, 2.05) is 63.2 Å². The van der Waals surface area contributed by atoms with Gasteiger partial charge in [-0.05, 0) is 69.5 Å². The standard InChI is InChI=1S/C24H33N3O2/c1-7-27(17(4)5)20-14-12-19(13-15-20)25-24(29)22(16(2)3)26-23(28)21-11-9-8-10-18(21)6/h8-17,22H,7H2,1-6H3,(H,25,29)(H,26,28). The van der Waals surface area contributed by atoms with Gasteiger partial charge in [0, 0.05) is 29.5 Å². The lowest BCUT2D eigenvalue weighted by molar-refractivity contribution is -0.118. The lowest BCUT2D eigenvalue weighted by Gasteiger charge is -2.27. The quantitative estimate of drug-likeness (QED) is 0.685. The molecule has 0 saturated carbocycles. The Morgan fingerprint density at radius 3 is 2.10 bits per heavy atom. The first-order valence-corrected chi connectivity index (χ1v) is 10.3. The number of aryl methyl sites for hydroxylation is 1. The molecular weight excluding hydrogens is 362 g/mol. The SMILES string of the molecule is CCN(c1ccc(NC(=O)C(NC(=O)c2ccccc2C)C(C)C)cc1)C(C)C. The van der Waals surface area contributed by atoms with E-state index in [4.69, 9.17) is 0 Å². The molecule has 0 fully saturated rings. The summed E-state index contributed by atoms with van der Waals surface area (Å²) in [6.45, 7) is 13.1. The number of nitrogens with zero attached hydrogens (tertiary/aromatic N) is 1. The van der Waals surface area contributed by atoms with Gasteiger partial charge in [-0.15, -0.1) is 0 Å². The summed E-state index contributed by atoms with van der Waals surface area (Å²) in [7, 11) is 0. The van der Waals surface area contributed by atoms with Crippen LogP contribution in [0.2, 0.25) is 0 Å².